The summed E-state index contributed by atoms with van der Waals surface area (Å²) in [5, 5.41) is 0. The molecule has 0 N–H and O–H groups in total. The van der Waals surface area contributed by atoms with Crippen molar-refractivity contribution in [3.63, 3.8) is 0 Å². The maximum Gasteiger partial charge on any atom is 0.321 e. The summed E-state index contributed by atoms with van der Waals surface area (Å²) in [5.74, 6) is -1.95. The van der Waals surface area contributed by atoms with Crippen LogP contribution in [-0.2, 0) is 29.5 Å². The highest BCUT2D eigenvalue weighted by Gasteiger charge is 2.57. The first-order valence-corrected chi connectivity index (χ1v) is 12.7. The van der Waals surface area contributed by atoms with E-state index in [9.17, 15) is 19.2 Å². The normalized spacial score (nSPS) is 17.5. The van der Waals surface area contributed by atoms with Crippen LogP contribution in [0.5, 0.6) is 0 Å². The molecule has 38 heavy (non-hydrogen) atoms. The van der Waals surface area contributed by atoms with E-state index in [0.29, 0.717) is 16.7 Å². The van der Waals surface area contributed by atoms with Gasteiger partial charge in [0.05, 0.1) is 6.61 Å². The number of carbonyl (C=O) groups is 4. The lowest BCUT2D eigenvalue weighted by Gasteiger charge is -2.45. The van der Waals surface area contributed by atoms with E-state index in [4.69, 9.17) is 9.47 Å². The first kappa shape index (κ1) is 26.8. The third kappa shape index (κ3) is 5.23. The average molecular weight is 514 g/mol. The van der Waals surface area contributed by atoms with Crippen LogP contribution in [0.2, 0.25) is 0 Å². The Morgan fingerprint density at radius 3 is 1.89 bits per heavy atom. The summed E-state index contributed by atoms with van der Waals surface area (Å²) >= 11 is 0. The van der Waals surface area contributed by atoms with Gasteiger partial charge in [-0.3, -0.25) is 19.2 Å². The number of Topliss-reactive ketones (excluding diaryl/α,β-unsaturated/α-hetero) is 1. The number of nitrogens with zero attached hydrogens (tertiary/aromatic N) is 1. The van der Waals surface area contributed by atoms with Gasteiger partial charge in [-0.25, -0.2) is 0 Å². The maximum absolute atomic E-state index is 13.8. The molecule has 3 aromatic rings. The van der Waals surface area contributed by atoms with Gasteiger partial charge in [0.25, 0.3) is 5.91 Å². The average Bonchev–Trinajstić information content (AvgIpc) is 2.94. The molecule has 1 aliphatic rings. The number of rotatable bonds is 8. The molecule has 1 atom stereocenters. The molecule has 1 amide bonds. The first-order chi connectivity index (χ1) is 18.3. The zero-order valence-electron chi connectivity index (χ0n) is 21.6. The minimum Gasteiger partial charge on any atom is -0.465 e. The number of hydrogen-bond acceptors (Lipinski definition) is 6. The zero-order valence-corrected chi connectivity index (χ0v) is 21.6. The topological polar surface area (TPSA) is 90.0 Å². The molecule has 1 fully saturated rings. The summed E-state index contributed by atoms with van der Waals surface area (Å²) in [6.45, 7) is 2.99. The third-order valence-electron chi connectivity index (χ3n) is 6.93. The molecule has 4 rings (SSSR count). The monoisotopic (exact) mass is 513 g/mol. The SMILES string of the molecule is CCOC(=O)C1(CC(OC(C)=O)(c2ccccc2)c2ccccc2)CN(C(=O)c2ccccc2)CCC1=O. The molecule has 0 aliphatic carbocycles. The van der Waals surface area contributed by atoms with Crippen molar-refractivity contribution < 1.29 is 28.7 Å². The van der Waals surface area contributed by atoms with Gasteiger partial charge in [0.2, 0.25) is 0 Å². The molecule has 1 saturated heterocycles. The van der Waals surface area contributed by atoms with Crippen LogP contribution in [0.25, 0.3) is 0 Å². The lowest BCUT2D eigenvalue weighted by molar-refractivity contribution is -0.174. The molecular weight excluding hydrogens is 482 g/mol. The predicted molar refractivity (Wildman–Crippen MR) is 141 cm³/mol. The molecule has 3 aromatic carbocycles. The molecule has 7 nitrogen and oxygen atoms in total. The summed E-state index contributed by atoms with van der Waals surface area (Å²) in [7, 11) is 0. The molecule has 1 heterocycles. The predicted octanol–water partition coefficient (Wildman–Crippen LogP) is 4.55. The van der Waals surface area contributed by atoms with Gasteiger partial charge in [0.15, 0.2) is 11.4 Å². The molecule has 7 heteroatoms. The Bertz CT molecular complexity index is 1250. The minimum absolute atomic E-state index is 0.0306. The second-order valence-corrected chi connectivity index (χ2v) is 9.40. The Morgan fingerprint density at radius 2 is 1.39 bits per heavy atom. The van der Waals surface area contributed by atoms with Gasteiger partial charge >= 0.3 is 11.9 Å². The molecular formula is C31H31NO6. The van der Waals surface area contributed by atoms with Crippen molar-refractivity contribution in [2.75, 3.05) is 19.7 Å². The van der Waals surface area contributed by atoms with Crippen molar-refractivity contribution >= 4 is 23.6 Å². The summed E-state index contributed by atoms with van der Waals surface area (Å²) in [6, 6.07) is 26.8. The number of likely N-dealkylation sites (tertiary alicyclic amines) is 1. The Balaban J connectivity index is 1.89. The van der Waals surface area contributed by atoms with Crippen LogP contribution in [0.15, 0.2) is 91.0 Å². The van der Waals surface area contributed by atoms with Crippen molar-refractivity contribution in [2.45, 2.75) is 32.3 Å². The molecule has 1 unspecified atom stereocenters. The number of ether oxygens (including phenoxy) is 2. The Kier molecular flexibility index (Phi) is 8.05. The zero-order chi connectivity index (χ0) is 27.2. The van der Waals surface area contributed by atoms with Crippen molar-refractivity contribution in [3.8, 4) is 0 Å². The standard InChI is InChI=1S/C31H31NO6/c1-3-37-29(36)30(22-32(20-19-27(30)34)28(35)24-13-7-4-8-14-24)21-31(38-23(2)33,25-15-9-5-10-16-25)26-17-11-6-12-18-26/h4-18H,3,19-22H2,1-2H3. The number of esters is 2. The van der Waals surface area contributed by atoms with Crippen molar-refractivity contribution in [1.82, 2.24) is 4.90 Å². The van der Waals surface area contributed by atoms with E-state index in [1.54, 1.807) is 55.5 Å². The van der Waals surface area contributed by atoms with Crippen LogP contribution in [0.4, 0.5) is 0 Å². The fourth-order valence-corrected chi connectivity index (χ4v) is 5.19. The highest BCUT2D eigenvalue weighted by Crippen LogP contribution is 2.47. The van der Waals surface area contributed by atoms with Gasteiger partial charge in [-0.05, 0) is 19.1 Å². The van der Waals surface area contributed by atoms with E-state index in [-0.39, 0.29) is 44.2 Å². The summed E-state index contributed by atoms with van der Waals surface area (Å²) in [5.41, 5.74) is -1.60. The Labute approximate surface area is 222 Å². The van der Waals surface area contributed by atoms with Crippen LogP contribution in [0.1, 0.15) is 48.2 Å². The molecule has 0 bridgehead atoms. The second kappa shape index (κ2) is 11.4. The minimum atomic E-state index is -1.76. The lowest BCUT2D eigenvalue weighted by atomic mass is 9.67. The number of benzene rings is 3. The van der Waals surface area contributed by atoms with E-state index in [1.165, 1.54) is 11.8 Å². The van der Waals surface area contributed by atoms with Gasteiger partial charge in [-0.1, -0.05) is 78.9 Å². The summed E-state index contributed by atoms with van der Waals surface area (Å²) in [4.78, 5) is 55.1. The van der Waals surface area contributed by atoms with Gasteiger partial charge in [-0.2, -0.15) is 0 Å². The smallest absolute Gasteiger partial charge is 0.321 e. The summed E-state index contributed by atoms with van der Waals surface area (Å²) < 4.78 is 11.6. The second-order valence-electron chi connectivity index (χ2n) is 9.40. The van der Waals surface area contributed by atoms with Crippen LogP contribution in [0.3, 0.4) is 0 Å². The number of carbonyl (C=O) groups excluding carboxylic acids is 4. The van der Waals surface area contributed by atoms with Crippen molar-refractivity contribution in [3.05, 3.63) is 108 Å². The molecule has 0 spiro atoms. The van der Waals surface area contributed by atoms with E-state index < -0.39 is 23.0 Å². The number of hydrogen-bond donors (Lipinski definition) is 0. The lowest BCUT2D eigenvalue weighted by Crippen LogP contribution is -2.58. The van der Waals surface area contributed by atoms with E-state index in [2.05, 4.69) is 0 Å². The molecule has 1 aliphatic heterocycles. The van der Waals surface area contributed by atoms with E-state index in [0.717, 1.165) is 0 Å². The largest absolute Gasteiger partial charge is 0.465 e. The summed E-state index contributed by atoms with van der Waals surface area (Å²) in [6.07, 6.45) is -0.249. The van der Waals surface area contributed by atoms with Crippen molar-refractivity contribution in [1.29, 1.82) is 0 Å². The van der Waals surface area contributed by atoms with Gasteiger partial charge < -0.3 is 14.4 Å². The fourth-order valence-electron chi connectivity index (χ4n) is 5.19. The third-order valence-corrected chi connectivity index (χ3v) is 6.93. The van der Waals surface area contributed by atoms with Crippen LogP contribution in [-0.4, -0.2) is 48.2 Å². The Morgan fingerprint density at radius 1 is 0.868 bits per heavy atom. The fraction of sp³-hybridized carbons (Fsp3) is 0.290. The van der Waals surface area contributed by atoms with Gasteiger partial charge in [0.1, 0.15) is 5.41 Å². The van der Waals surface area contributed by atoms with Gasteiger partial charge in [0, 0.05) is 49.5 Å². The quantitative estimate of drug-likeness (QED) is 0.324. The molecule has 0 aromatic heterocycles. The number of piperidine rings is 1. The van der Waals surface area contributed by atoms with Crippen LogP contribution >= 0.6 is 0 Å². The Hall–Kier alpha value is -4.26. The van der Waals surface area contributed by atoms with E-state index >= 15 is 0 Å². The van der Waals surface area contributed by atoms with Gasteiger partial charge in [-0.15, -0.1) is 0 Å². The highest BCUT2D eigenvalue weighted by atomic mass is 16.6. The highest BCUT2D eigenvalue weighted by molar-refractivity contribution is 6.06. The first-order valence-electron chi connectivity index (χ1n) is 12.7. The number of amides is 1. The molecule has 0 saturated carbocycles. The number of ketones is 1. The van der Waals surface area contributed by atoms with Crippen LogP contribution < -0.4 is 0 Å². The van der Waals surface area contributed by atoms with Crippen LogP contribution in [0, 0.1) is 5.41 Å². The molecule has 0 radical (unpaired) electrons. The molecule has 196 valence electrons. The van der Waals surface area contributed by atoms with E-state index in [1.807, 2.05) is 42.5 Å². The maximum atomic E-state index is 13.8. The van der Waals surface area contributed by atoms with Crippen molar-refractivity contribution in [2.24, 2.45) is 5.41 Å².